The Labute approximate surface area is 151 Å². The van der Waals surface area contributed by atoms with Crippen LogP contribution in [0.15, 0.2) is 47.4 Å². The van der Waals surface area contributed by atoms with Crippen LogP contribution in [0.2, 0.25) is 0 Å². The molecule has 1 aliphatic rings. The Morgan fingerprint density at radius 3 is 2.44 bits per heavy atom. The summed E-state index contributed by atoms with van der Waals surface area (Å²) in [7, 11) is 0. The van der Waals surface area contributed by atoms with Crippen LogP contribution in [0.5, 0.6) is 0 Å². The van der Waals surface area contributed by atoms with Crippen molar-refractivity contribution in [3.8, 4) is 11.1 Å². The van der Waals surface area contributed by atoms with Crippen LogP contribution in [0.1, 0.15) is 18.4 Å². The van der Waals surface area contributed by atoms with Crippen LogP contribution in [0.3, 0.4) is 0 Å². The molecule has 1 saturated heterocycles. The van der Waals surface area contributed by atoms with E-state index in [1.165, 1.54) is 28.8 Å². The molecule has 0 amide bonds. The molecule has 0 unspecified atom stereocenters. The van der Waals surface area contributed by atoms with Crippen LogP contribution in [-0.4, -0.2) is 22.5 Å². The highest BCUT2D eigenvalue weighted by atomic mass is 19.4. The number of alkyl halides is 3. The first kappa shape index (κ1) is 17.5. The van der Waals surface area contributed by atoms with E-state index in [1.54, 1.807) is 0 Å². The van der Waals surface area contributed by atoms with Gasteiger partial charge in [0.15, 0.2) is 0 Å². The van der Waals surface area contributed by atoms with Gasteiger partial charge >= 0.3 is 6.18 Å². The van der Waals surface area contributed by atoms with Gasteiger partial charge in [0, 0.05) is 19.3 Å². The van der Waals surface area contributed by atoms with Gasteiger partial charge in [-0.15, -0.1) is 0 Å². The van der Waals surface area contributed by atoms with Gasteiger partial charge < -0.3 is 4.90 Å². The van der Waals surface area contributed by atoms with Crippen molar-refractivity contribution >= 4 is 11.5 Å². The van der Waals surface area contributed by atoms with Gasteiger partial charge in [0.1, 0.15) is 5.82 Å². The molecule has 0 radical (unpaired) electrons. The topological polar surface area (TPSA) is 37.6 Å². The molecule has 4 rings (SSSR count). The molecule has 3 heterocycles. The lowest BCUT2D eigenvalue weighted by atomic mass is 10.0. The van der Waals surface area contributed by atoms with Crippen molar-refractivity contribution in [3.63, 3.8) is 0 Å². The van der Waals surface area contributed by atoms with E-state index in [4.69, 9.17) is 0 Å². The Morgan fingerprint density at radius 2 is 1.78 bits per heavy atom. The van der Waals surface area contributed by atoms with Crippen LogP contribution < -0.4 is 10.5 Å². The highest BCUT2D eigenvalue weighted by Gasteiger charge is 2.31. The Kier molecular flexibility index (Phi) is 4.13. The lowest BCUT2D eigenvalue weighted by Crippen LogP contribution is -2.27. The first-order valence-electron chi connectivity index (χ1n) is 8.49. The maximum atomic E-state index is 13.7. The Bertz CT molecular complexity index is 1070. The molecule has 4 nitrogen and oxygen atoms in total. The van der Waals surface area contributed by atoms with E-state index in [0.717, 1.165) is 31.0 Å². The van der Waals surface area contributed by atoms with E-state index in [9.17, 15) is 22.4 Å². The lowest BCUT2D eigenvalue weighted by molar-refractivity contribution is -0.137. The third-order valence-electron chi connectivity index (χ3n) is 4.67. The number of fused-ring (bicyclic) bond motifs is 1. The average molecular weight is 377 g/mol. The quantitative estimate of drug-likeness (QED) is 0.631. The van der Waals surface area contributed by atoms with Gasteiger partial charge in [0.25, 0.3) is 5.56 Å². The van der Waals surface area contributed by atoms with Crippen LogP contribution in [-0.2, 0) is 6.18 Å². The summed E-state index contributed by atoms with van der Waals surface area (Å²) in [5.74, 6) is -0.276. The minimum atomic E-state index is -4.56. The van der Waals surface area contributed by atoms with Gasteiger partial charge in [0.2, 0.25) is 5.95 Å². The van der Waals surface area contributed by atoms with Gasteiger partial charge in [-0.25, -0.2) is 4.39 Å². The molecule has 140 valence electrons. The molecule has 3 aromatic rings. The molecule has 8 heteroatoms. The molecule has 0 N–H and O–H groups in total. The van der Waals surface area contributed by atoms with Gasteiger partial charge in [-0.3, -0.25) is 9.20 Å². The van der Waals surface area contributed by atoms with E-state index in [-0.39, 0.29) is 16.6 Å². The Hall–Kier alpha value is -2.90. The van der Waals surface area contributed by atoms with Crippen molar-refractivity contribution in [2.24, 2.45) is 0 Å². The zero-order valence-corrected chi connectivity index (χ0v) is 14.1. The van der Waals surface area contributed by atoms with Crippen LogP contribution in [0.4, 0.5) is 23.5 Å². The van der Waals surface area contributed by atoms with Gasteiger partial charge in [-0.05, 0) is 42.7 Å². The summed E-state index contributed by atoms with van der Waals surface area (Å²) >= 11 is 0. The number of aromatic nitrogens is 2. The van der Waals surface area contributed by atoms with E-state index in [0.29, 0.717) is 19.0 Å². The predicted octanol–water partition coefficient (Wildman–Crippen LogP) is 4.12. The van der Waals surface area contributed by atoms with Crippen LogP contribution >= 0.6 is 0 Å². The first-order chi connectivity index (χ1) is 12.8. The molecule has 2 aromatic heterocycles. The molecule has 0 saturated carbocycles. The number of anilines is 1. The van der Waals surface area contributed by atoms with Crippen molar-refractivity contribution in [1.29, 1.82) is 0 Å². The van der Waals surface area contributed by atoms with Crippen LogP contribution in [0, 0.1) is 5.82 Å². The standard InChI is InChI=1S/C19H15F4N3O/c20-14-5-3-4-12(10-14)16-15-11-13(19(21,22)23)6-9-26(15)18(24-17(16)27)25-7-1-2-8-25/h3-6,9-11H,1-2,7-8H2. The summed E-state index contributed by atoms with van der Waals surface area (Å²) in [5, 5.41) is 0. The maximum Gasteiger partial charge on any atom is 0.416 e. The second-order valence-electron chi connectivity index (χ2n) is 6.46. The number of hydrogen-bond donors (Lipinski definition) is 0. The average Bonchev–Trinajstić information content (AvgIpc) is 3.14. The zero-order chi connectivity index (χ0) is 19.2. The summed E-state index contributed by atoms with van der Waals surface area (Å²) in [6, 6.07) is 7.08. The monoisotopic (exact) mass is 377 g/mol. The summed E-state index contributed by atoms with van der Waals surface area (Å²) in [6.07, 6.45) is -1.45. The zero-order valence-electron chi connectivity index (χ0n) is 14.1. The van der Waals surface area contributed by atoms with Crippen LogP contribution in [0.25, 0.3) is 16.6 Å². The van der Waals surface area contributed by atoms with Crippen molar-refractivity contribution in [3.05, 3.63) is 64.3 Å². The molecule has 0 atom stereocenters. The second-order valence-corrected chi connectivity index (χ2v) is 6.46. The minimum absolute atomic E-state index is 0.0523. The molecule has 1 aliphatic heterocycles. The fourth-order valence-electron chi connectivity index (χ4n) is 3.41. The molecule has 27 heavy (non-hydrogen) atoms. The molecule has 0 aliphatic carbocycles. The molecular formula is C19H15F4N3O. The summed E-state index contributed by atoms with van der Waals surface area (Å²) in [6.45, 7) is 1.35. The fraction of sp³-hybridized carbons (Fsp3) is 0.263. The highest BCUT2D eigenvalue weighted by molar-refractivity contribution is 5.81. The van der Waals surface area contributed by atoms with Crippen molar-refractivity contribution in [2.45, 2.75) is 19.0 Å². The first-order valence-corrected chi connectivity index (χ1v) is 8.49. The lowest BCUT2D eigenvalue weighted by Gasteiger charge is -2.21. The Balaban J connectivity index is 2.05. The summed E-state index contributed by atoms with van der Waals surface area (Å²) in [5.41, 5.74) is -1.36. The molecular weight excluding hydrogens is 362 g/mol. The largest absolute Gasteiger partial charge is 0.416 e. The number of benzene rings is 1. The summed E-state index contributed by atoms with van der Waals surface area (Å²) in [4.78, 5) is 18.7. The fourth-order valence-corrected chi connectivity index (χ4v) is 3.41. The van der Waals surface area contributed by atoms with Crippen molar-refractivity contribution in [2.75, 3.05) is 18.0 Å². The number of halogens is 4. The smallest absolute Gasteiger partial charge is 0.342 e. The minimum Gasteiger partial charge on any atom is -0.342 e. The van der Waals surface area contributed by atoms with Gasteiger partial charge in [-0.2, -0.15) is 18.2 Å². The predicted molar refractivity (Wildman–Crippen MR) is 93.3 cm³/mol. The molecule has 1 aromatic carbocycles. The van der Waals surface area contributed by atoms with Gasteiger partial charge in [0.05, 0.1) is 16.6 Å². The third kappa shape index (κ3) is 3.15. The highest BCUT2D eigenvalue weighted by Crippen LogP contribution is 2.33. The van der Waals surface area contributed by atoms with E-state index >= 15 is 0 Å². The van der Waals surface area contributed by atoms with E-state index in [1.807, 2.05) is 4.90 Å². The number of rotatable bonds is 2. The number of hydrogen-bond acceptors (Lipinski definition) is 3. The molecule has 0 bridgehead atoms. The number of pyridine rings is 1. The number of nitrogens with zero attached hydrogens (tertiary/aromatic N) is 3. The third-order valence-corrected chi connectivity index (χ3v) is 4.67. The molecule has 0 spiro atoms. The normalized spacial score (nSPS) is 14.9. The second kappa shape index (κ2) is 6.37. The van der Waals surface area contributed by atoms with Crippen molar-refractivity contribution in [1.82, 2.24) is 9.38 Å². The van der Waals surface area contributed by atoms with Gasteiger partial charge in [-0.1, -0.05) is 12.1 Å². The van der Waals surface area contributed by atoms with E-state index < -0.39 is 23.1 Å². The molecule has 1 fully saturated rings. The van der Waals surface area contributed by atoms with E-state index in [2.05, 4.69) is 4.98 Å². The Morgan fingerprint density at radius 1 is 1.04 bits per heavy atom. The summed E-state index contributed by atoms with van der Waals surface area (Å²) < 4.78 is 54.9. The maximum absolute atomic E-state index is 13.7. The van der Waals surface area contributed by atoms with Crippen molar-refractivity contribution < 1.29 is 17.6 Å². The SMILES string of the molecule is O=c1nc(N2CCCC2)n2ccc(C(F)(F)F)cc2c1-c1cccc(F)c1.